The van der Waals surface area contributed by atoms with Gasteiger partial charge in [0, 0.05) is 18.0 Å². The maximum Gasteiger partial charge on any atom is 0.343 e. The number of carbonyl (C=O) groups excluding carboxylic acids is 2. The van der Waals surface area contributed by atoms with Gasteiger partial charge >= 0.3 is 5.97 Å². The van der Waals surface area contributed by atoms with Crippen molar-refractivity contribution in [3.8, 4) is 5.75 Å². The van der Waals surface area contributed by atoms with Crippen molar-refractivity contribution in [2.75, 3.05) is 0 Å². The predicted molar refractivity (Wildman–Crippen MR) is 80.9 cm³/mol. The maximum atomic E-state index is 12.1. The van der Waals surface area contributed by atoms with E-state index in [-0.39, 0.29) is 5.78 Å². The zero-order valence-corrected chi connectivity index (χ0v) is 11.8. The van der Waals surface area contributed by atoms with E-state index in [0.717, 1.165) is 0 Å². The highest BCUT2D eigenvalue weighted by Crippen LogP contribution is 2.16. The van der Waals surface area contributed by atoms with Gasteiger partial charge in [-0.1, -0.05) is 0 Å². The number of nitrogens with zero attached hydrogens (tertiary/aromatic N) is 2. The normalized spacial score (nSPS) is 10.4. The largest absolute Gasteiger partial charge is 0.423 e. The molecule has 0 saturated carbocycles. The van der Waals surface area contributed by atoms with Crippen molar-refractivity contribution in [2.45, 2.75) is 6.92 Å². The number of esters is 1. The van der Waals surface area contributed by atoms with Crippen molar-refractivity contribution in [3.05, 3.63) is 66.0 Å². The molecule has 2 aromatic carbocycles. The van der Waals surface area contributed by atoms with E-state index in [1.807, 2.05) is 0 Å². The highest BCUT2D eigenvalue weighted by molar-refractivity contribution is 5.95. The van der Waals surface area contributed by atoms with Crippen molar-refractivity contribution in [1.29, 1.82) is 0 Å². The lowest BCUT2D eigenvalue weighted by atomic mass is 10.1. The number of carbonyl (C=O) groups is 2. The average molecular weight is 292 g/mol. The van der Waals surface area contributed by atoms with Crippen LogP contribution in [0.15, 0.2) is 54.9 Å². The Bertz CT molecular complexity index is 857. The van der Waals surface area contributed by atoms with Crippen LogP contribution in [0.3, 0.4) is 0 Å². The number of ether oxygens (including phenoxy) is 1. The molecule has 0 aliphatic heterocycles. The molecule has 5 nitrogen and oxygen atoms in total. The summed E-state index contributed by atoms with van der Waals surface area (Å²) in [6.45, 7) is 1.48. The topological polar surface area (TPSA) is 69.2 Å². The van der Waals surface area contributed by atoms with Crippen LogP contribution in [0.4, 0.5) is 0 Å². The van der Waals surface area contributed by atoms with Crippen LogP contribution in [-0.2, 0) is 0 Å². The van der Waals surface area contributed by atoms with Crippen LogP contribution in [0.1, 0.15) is 27.6 Å². The smallest absolute Gasteiger partial charge is 0.343 e. The second-order valence-corrected chi connectivity index (χ2v) is 4.73. The number of aromatic nitrogens is 2. The fourth-order valence-corrected chi connectivity index (χ4v) is 2.01. The van der Waals surface area contributed by atoms with Crippen molar-refractivity contribution >= 4 is 22.8 Å². The molecule has 0 amide bonds. The minimum atomic E-state index is -0.483. The molecule has 3 aromatic rings. The molecule has 0 spiro atoms. The molecule has 5 heteroatoms. The summed E-state index contributed by atoms with van der Waals surface area (Å²) in [7, 11) is 0. The molecule has 0 aliphatic rings. The molecule has 1 heterocycles. The summed E-state index contributed by atoms with van der Waals surface area (Å²) in [5.74, 6) is -0.136. The van der Waals surface area contributed by atoms with Gasteiger partial charge in [0.25, 0.3) is 0 Å². The monoisotopic (exact) mass is 292 g/mol. The predicted octanol–water partition coefficient (Wildman–Crippen LogP) is 3.05. The first-order valence-electron chi connectivity index (χ1n) is 6.67. The van der Waals surface area contributed by atoms with E-state index < -0.39 is 5.97 Å². The van der Waals surface area contributed by atoms with E-state index in [9.17, 15) is 9.59 Å². The fraction of sp³-hybridized carbons (Fsp3) is 0.0588. The summed E-state index contributed by atoms with van der Waals surface area (Å²) in [6.07, 6.45) is 3.16. The summed E-state index contributed by atoms with van der Waals surface area (Å²) >= 11 is 0. The Hall–Kier alpha value is -3.08. The van der Waals surface area contributed by atoms with Crippen molar-refractivity contribution < 1.29 is 14.3 Å². The SMILES string of the molecule is CC(=O)c1ccc(OC(=O)c2ccc3nccnc3c2)cc1. The molecule has 0 radical (unpaired) electrons. The fourth-order valence-electron chi connectivity index (χ4n) is 2.01. The number of rotatable bonds is 3. The first-order chi connectivity index (χ1) is 10.6. The summed E-state index contributed by atoms with van der Waals surface area (Å²) in [4.78, 5) is 31.6. The zero-order chi connectivity index (χ0) is 15.5. The van der Waals surface area contributed by atoms with E-state index in [1.54, 1.807) is 54.9 Å². The zero-order valence-electron chi connectivity index (χ0n) is 11.8. The number of hydrogen-bond donors (Lipinski definition) is 0. The molecule has 0 unspecified atom stereocenters. The molecule has 0 fully saturated rings. The first-order valence-corrected chi connectivity index (χ1v) is 6.67. The van der Waals surface area contributed by atoms with E-state index in [4.69, 9.17) is 4.74 Å². The third kappa shape index (κ3) is 2.83. The highest BCUT2D eigenvalue weighted by atomic mass is 16.5. The minimum absolute atomic E-state index is 0.0361. The third-order valence-electron chi connectivity index (χ3n) is 3.18. The van der Waals surface area contributed by atoms with Gasteiger partial charge in [0.1, 0.15) is 5.75 Å². The van der Waals surface area contributed by atoms with E-state index in [2.05, 4.69) is 9.97 Å². The lowest BCUT2D eigenvalue weighted by molar-refractivity contribution is 0.0735. The number of hydrogen-bond acceptors (Lipinski definition) is 5. The second kappa shape index (κ2) is 5.73. The van der Waals surface area contributed by atoms with Crippen LogP contribution in [0.5, 0.6) is 5.75 Å². The van der Waals surface area contributed by atoms with E-state index >= 15 is 0 Å². The molecule has 0 bridgehead atoms. The van der Waals surface area contributed by atoms with E-state index in [0.29, 0.717) is 27.9 Å². The molecule has 0 N–H and O–H groups in total. The Morgan fingerprint density at radius 1 is 0.864 bits per heavy atom. The van der Waals surface area contributed by atoms with Gasteiger partial charge in [-0.2, -0.15) is 0 Å². The summed E-state index contributed by atoms with van der Waals surface area (Å²) < 4.78 is 5.29. The number of Topliss-reactive ketones (excluding diaryl/α,β-unsaturated/α-hetero) is 1. The molecule has 0 saturated heterocycles. The Morgan fingerprint density at radius 2 is 1.50 bits per heavy atom. The molecule has 1 aromatic heterocycles. The third-order valence-corrected chi connectivity index (χ3v) is 3.18. The Kier molecular flexibility index (Phi) is 3.62. The van der Waals surface area contributed by atoms with Gasteiger partial charge in [0.2, 0.25) is 0 Å². The van der Waals surface area contributed by atoms with Gasteiger partial charge in [-0.05, 0) is 49.4 Å². The van der Waals surface area contributed by atoms with Crippen LogP contribution in [0.25, 0.3) is 11.0 Å². The van der Waals surface area contributed by atoms with Crippen LogP contribution in [-0.4, -0.2) is 21.7 Å². The Morgan fingerprint density at radius 3 is 2.18 bits per heavy atom. The van der Waals surface area contributed by atoms with Gasteiger partial charge in [-0.25, -0.2) is 4.79 Å². The van der Waals surface area contributed by atoms with Crippen LogP contribution < -0.4 is 4.74 Å². The first kappa shape index (κ1) is 13.9. The summed E-state index contributed by atoms with van der Waals surface area (Å²) in [5, 5.41) is 0. The molecule has 0 aliphatic carbocycles. The second-order valence-electron chi connectivity index (χ2n) is 4.73. The Balaban J connectivity index is 1.81. The van der Waals surface area contributed by atoms with Gasteiger partial charge in [-0.3, -0.25) is 14.8 Å². The quantitative estimate of drug-likeness (QED) is 0.421. The highest BCUT2D eigenvalue weighted by Gasteiger charge is 2.10. The van der Waals surface area contributed by atoms with Gasteiger partial charge < -0.3 is 4.74 Å². The number of ketones is 1. The standard InChI is InChI=1S/C17H12N2O3/c1-11(20)12-2-5-14(6-3-12)22-17(21)13-4-7-15-16(10-13)19-9-8-18-15/h2-10H,1H3. The van der Waals surface area contributed by atoms with Crippen LogP contribution in [0.2, 0.25) is 0 Å². The van der Waals surface area contributed by atoms with Crippen molar-refractivity contribution in [1.82, 2.24) is 9.97 Å². The molecule has 0 atom stereocenters. The summed E-state index contributed by atoms with van der Waals surface area (Å²) in [6, 6.07) is 11.4. The maximum absolute atomic E-state index is 12.1. The van der Waals surface area contributed by atoms with Gasteiger partial charge in [0.05, 0.1) is 16.6 Å². The van der Waals surface area contributed by atoms with Crippen molar-refractivity contribution in [2.24, 2.45) is 0 Å². The van der Waals surface area contributed by atoms with Crippen LogP contribution >= 0.6 is 0 Å². The lowest BCUT2D eigenvalue weighted by Crippen LogP contribution is -2.08. The Labute approximate surface area is 126 Å². The summed E-state index contributed by atoms with van der Waals surface area (Å²) in [5.41, 5.74) is 2.30. The molecule has 108 valence electrons. The number of benzene rings is 2. The molecular weight excluding hydrogens is 280 g/mol. The average Bonchev–Trinajstić information content (AvgIpc) is 2.55. The van der Waals surface area contributed by atoms with E-state index in [1.165, 1.54) is 6.92 Å². The minimum Gasteiger partial charge on any atom is -0.423 e. The molecular formula is C17H12N2O3. The number of fused-ring (bicyclic) bond motifs is 1. The lowest BCUT2D eigenvalue weighted by Gasteiger charge is -2.05. The molecule has 3 rings (SSSR count). The van der Waals surface area contributed by atoms with Crippen LogP contribution in [0, 0.1) is 0 Å². The van der Waals surface area contributed by atoms with Crippen molar-refractivity contribution in [3.63, 3.8) is 0 Å². The molecule has 22 heavy (non-hydrogen) atoms. The van der Waals surface area contributed by atoms with Gasteiger partial charge in [-0.15, -0.1) is 0 Å². The van der Waals surface area contributed by atoms with Gasteiger partial charge in [0.15, 0.2) is 5.78 Å².